The van der Waals surface area contributed by atoms with Crippen LogP contribution in [0.25, 0.3) is 0 Å². The molecule has 0 atom stereocenters. The molecule has 0 amide bonds. The first-order valence-electron chi connectivity index (χ1n) is 5.92. The van der Waals surface area contributed by atoms with Gasteiger partial charge in [-0.2, -0.15) is 5.26 Å². The molecule has 106 valence electrons. The molecule has 1 aromatic heterocycles. The third kappa shape index (κ3) is 2.93. The second kappa shape index (κ2) is 5.77. The standard InChI is InChI=1S/C14H10ClN3O3/c1-8-3-4-11(5-9(8)2)21-13-10(6-16)7-17-14(15)12(13)18(19)20/h3-5,7H,1-2H3. The van der Waals surface area contributed by atoms with Gasteiger partial charge in [0.2, 0.25) is 10.9 Å². The van der Waals surface area contributed by atoms with E-state index >= 15 is 0 Å². The van der Waals surface area contributed by atoms with E-state index in [0.29, 0.717) is 5.75 Å². The van der Waals surface area contributed by atoms with Crippen LogP contribution in [0.15, 0.2) is 24.4 Å². The van der Waals surface area contributed by atoms with Gasteiger partial charge in [-0.25, -0.2) is 4.98 Å². The van der Waals surface area contributed by atoms with E-state index in [1.165, 1.54) is 0 Å². The lowest BCUT2D eigenvalue weighted by atomic mass is 10.1. The van der Waals surface area contributed by atoms with Crippen molar-refractivity contribution >= 4 is 17.3 Å². The number of nitro groups is 1. The van der Waals surface area contributed by atoms with Crippen molar-refractivity contribution in [1.82, 2.24) is 4.98 Å². The zero-order chi connectivity index (χ0) is 15.6. The molecule has 1 aromatic carbocycles. The summed E-state index contributed by atoms with van der Waals surface area (Å²) in [4.78, 5) is 14.0. The molecule has 7 heteroatoms. The number of aryl methyl sites for hydroxylation is 2. The lowest BCUT2D eigenvalue weighted by Crippen LogP contribution is -1.99. The molecule has 0 aliphatic carbocycles. The highest BCUT2D eigenvalue weighted by molar-refractivity contribution is 6.31. The first-order valence-corrected chi connectivity index (χ1v) is 6.30. The first kappa shape index (κ1) is 14.8. The molecule has 1 heterocycles. The number of halogens is 1. The van der Waals surface area contributed by atoms with Gasteiger partial charge in [0.1, 0.15) is 17.4 Å². The Morgan fingerprint density at radius 3 is 2.67 bits per heavy atom. The fourth-order valence-corrected chi connectivity index (χ4v) is 1.90. The van der Waals surface area contributed by atoms with Crippen molar-refractivity contribution in [3.05, 3.63) is 56.4 Å². The van der Waals surface area contributed by atoms with E-state index in [1.54, 1.807) is 12.1 Å². The Kier molecular flexibility index (Phi) is 4.05. The Hall–Kier alpha value is -2.65. The topological polar surface area (TPSA) is 89.0 Å². The van der Waals surface area contributed by atoms with Crippen molar-refractivity contribution in [3.63, 3.8) is 0 Å². The van der Waals surface area contributed by atoms with Crippen LogP contribution in [0.4, 0.5) is 5.69 Å². The normalized spacial score (nSPS) is 10.0. The summed E-state index contributed by atoms with van der Waals surface area (Å²) in [5.41, 5.74) is 1.46. The molecule has 0 fully saturated rings. The van der Waals surface area contributed by atoms with Crippen molar-refractivity contribution in [1.29, 1.82) is 5.26 Å². The third-order valence-corrected chi connectivity index (χ3v) is 3.24. The van der Waals surface area contributed by atoms with Gasteiger partial charge in [-0.1, -0.05) is 17.7 Å². The number of ether oxygens (including phenoxy) is 1. The molecule has 0 spiro atoms. The predicted molar refractivity (Wildman–Crippen MR) is 76.6 cm³/mol. The minimum atomic E-state index is -0.716. The summed E-state index contributed by atoms with van der Waals surface area (Å²) >= 11 is 5.73. The number of hydrogen-bond acceptors (Lipinski definition) is 5. The molecule has 0 saturated carbocycles. The molecule has 2 rings (SSSR count). The third-order valence-electron chi connectivity index (χ3n) is 2.96. The quantitative estimate of drug-likeness (QED) is 0.487. The molecule has 0 N–H and O–H groups in total. The van der Waals surface area contributed by atoms with Gasteiger partial charge in [0.25, 0.3) is 0 Å². The summed E-state index contributed by atoms with van der Waals surface area (Å²) in [5, 5.41) is 19.8. The van der Waals surface area contributed by atoms with Crippen molar-refractivity contribution in [2.24, 2.45) is 0 Å². The minimum Gasteiger partial charge on any atom is -0.449 e. The lowest BCUT2D eigenvalue weighted by Gasteiger charge is -2.10. The summed E-state index contributed by atoms with van der Waals surface area (Å²) in [5.74, 6) is 0.186. The molecule has 21 heavy (non-hydrogen) atoms. The minimum absolute atomic E-state index is 0.0515. The van der Waals surface area contributed by atoms with Crippen LogP contribution >= 0.6 is 11.6 Å². The number of hydrogen-bond donors (Lipinski definition) is 0. The second-order valence-corrected chi connectivity index (χ2v) is 4.72. The maximum absolute atomic E-state index is 11.1. The number of benzene rings is 1. The van der Waals surface area contributed by atoms with E-state index in [2.05, 4.69) is 4.98 Å². The Morgan fingerprint density at radius 1 is 1.38 bits per heavy atom. The van der Waals surface area contributed by atoms with Crippen LogP contribution in [0.2, 0.25) is 5.15 Å². The Morgan fingerprint density at radius 2 is 2.10 bits per heavy atom. The number of rotatable bonds is 3. The molecule has 6 nitrogen and oxygen atoms in total. The van der Waals surface area contributed by atoms with Crippen LogP contribution in [-0.2, 0) is 0 Å². The largest absolute Gasteiger partial charge is 0.449 e. The van der Waals surface area contributed by atoms with Gasteiger partial charge in [0, 0.05) is 0 Å². The molecule has 0 unspecified atom stereocenters. The van der Waals surface area contributed by atoms with Crippen molar-refractivity contribution in [3.8, 4) is 17.6 Å². The maximum atomic E-state index is 11.1. The van der Waals surface area contributed by atoms with Gasteiger partial charge in [-0.05, 0) is 37.1 Å². The monoisotopic (exact) mass is 303 g/mol. The molecule has 2 aromatic rings. The average molecular weight is 304 g/mol. The van der Waals surface area contributed by atoms with Crippen LogP contribution < -0.4 is 4.74 Å². The van der Waals surface area contributed by atoms with Gasteiger partial charge in [-0.3, -0.25) is 10.1 Å². The van der Waals surface area contributed by atoms with E-state index in [-0.39, 0.29) is 16.5 Å². The van der Waals surface area contributed by atoms with Crippen molar-refractivity contribution in [2.75, 3.05) is 0 Å². The predicted octanol–water partition coefficient (Wildman–Crippen LogP) is 3.92. The van der Waals surface area contributed by atoms with E-state index in [9.17, 15) is 10.1 Å². The summed E-state index contributed by atoms with van der Waals surface area (Å²) in [6, 6.07) is 7.04. The lowest BCUT2D eigenvalue weighted by molar-refractivity contribution is -0.385. The molecule has 0 bridgehead atoms. The van der Waals surface area contributed by atoms with Crippen LogP contribution in [-0.4, -0.2) is 9.91 Å². The first-order chi connectivity index (χ1) is 9.93. The summed E-state index contributed by atoms with van der Waals surface area (Å²) < 4.78 is 5.52. The smallest absolute Gasteiger partial charge is 0.349 e. The highest BCUT2D eigenvalue weighted by atomic mass is 35.5. The number of nitrogens with zero attached hydrogens (tertiary/aromatic N) is 3. The molecule has 0 radical (unpaired) electrons. The van der Waals surface area contributed by atoms with Crippen molar-refractivity contribution in [2.45, 2.75) is 13.8 Å². The van der Waals surface area contributed by atoms with Gasteiger partial charge in [0.05, 0.1) is 11.1 Å². The van der Waals surface area contributed by atoms with Gasteiger partial charge >= 0.3 is 5.69 Å². The van der Waals surface area contributed by atoms with E-state index in [0.717, 1.165) is 17.3 Å². The zero-order valence-electron chi connectivity index (χ0n) is 11.3. The highest BCUT2D eigenvalue weighted by Crippen LogP contribution is 2.38. The molecular formula is C14H10ClN3O3. The zero-order valence-corrected chi connectivity index (χ0v) is 12.0. The van der Waals surface area contributed by atoms with E-state index in [1.807, 2.05) is 26.0 Å². The van der Waals surface area contributed by atoms with Crippen LogP contribution in [0.5, 0.6) is 11.5 Å². The van der Waals surface area contributed by atoms with Crippen LogP contribution in [0.1, 0.15) is 16.7 Å². The fraction of sp³-hybridized carbons (Fsp3) is 0.143. The Balaban J connectivity index is 2.57. The summed E-state index contributed by atoms with van der Waals surface area (Å²) in [6.07, 6.45) is 1.14. The number of aromatic nitrogens is 1. The molecule has 0 saturated heterocycles. The van der Waals surface area contributed by atoms with E-state index < -0.39 is 10.6 Å². The molecule has 0 aliphatic rings. The van der Waals surface area contributed by atoms with Gasteiger partial charge < -0.3 is 4.74 Å². The SMILES string of the molecule is Cc1ccc(Oc2c(C#N)cnc(Cl)c2[N+](=O)[O-])cc1C. The Bertz CT molecular complexity index is 769. The van der Waals surface area contributed by atoms with E-state index in [4.69, 9.17) is 21.6 Å². The molecule has 0 aliphatic heterocycles. The second-order valence-electron chi connectivity index (χ2n) is 4.36. The summed E-state index contributed by atoms with van der Waals surface area (Å²) in [7, 11) is 0. The number of nitriles is 1. The average Bonchev–Trinajstić information content (AvgIpc) is 2.43. The number of pyridine rings is 1. The Labute approximate surface area is 125 Å². The molecular weight excluding hydrogens is 294 g/mol. The van der Waals surface area contributed by atoms with Crippen molar-refractivity contribution < 1.29 is 9.66 Å². The maximum Gasteiger partial charge on any atom is 0.349 e. The van der Waals surface area contributed by atoms with Crippen LogP contribution in [0, 0.1) is 35.3 Å². The van der Waals surface area contributed by atoms with Gasteiger partial charge in [-0.15, -0.1) is 0 Å². The fourth-order valence-electron chi connectivity index (χ4n) is 1.70. The summed E-state index contributed by atoms with van der Waals surface area (Å²) in [6.45, 7) is 3.83. The highest BCUT2D eigenvalue weighted by Gasteiger charge is 2.26. The van der Waals surface area contributed by atoms with Gasteiger partial charge in [0.15, 0.2) is 0 Å². The van der Waals surface area contributed by atoms with Crippen LogP contribution in [0.3, 0.4) is 0 Å².